The quantitative estimate of drug-likeness (QED) is 0.771. The molecule has 3 heteroatoms. The number of rotatable bonds is 6. The molecule has 3 nitrogen and oxygen atoms in total. The van der Waals surface area contributed by atoms with E-state index in [9.17, 15) is 4.79 Å². The maximum Gasteiger partial charge on any atom is 0.305 e. The van der Waals surface area contributed by atoms with Crippen LogP contribution in [0.3, 0.4) is 0 Å². The van der Waals surface area contributed by atoms with Gasteiger partial charge in [0.25, 0.3) is 0 Å². The summed E-state index contributed by atoms with van der Waals surface area (Å²) in [5.74, 6) is 0.186. The number of hydrogen-bond acceptors (Lipinski definition) is 3. The molecule has 0 saturated carbocycles. The van der Waals surface area contributed by atoms with Gasteiger partial charge >= 0.3 is 5.97 Å². The highest BCUT2D eigenvalue weighted by Crippen LogP contribution is 2.21. The Morgan fingerprint density at radius 2 is 2.00 bits per heavy atom. The van der Waals surface area contributed by atoms with E-state index in [1.165, 1.54) is 12.7 Å². The number of carbonyl (C=O) groups excluding carboxylic acids is 1. The van der Waals surface area contributed by atoms with Gasteiger partial charge in [0.2, 0.25) is 0 Å². The van der Waals surface area contributed by atoms with Crippen molar-refractivity contribution in [2.75, 3.05) is 13.7 Å². The van der Waals surface area contributed by atoms with Crippen LogP contribution in [0.25, 0.3) is 0 Å². The molecule has 1 unspecified atom stereocenters. The second-order valence-electron chi connectivity index (χ2n) is 4.23. The highest BCUT2D eigenvalue weighted by atomic mass is 16.5. The number of aliphatic hydroxyl groups is 1. The van der Waals surface area contributed by atoms with Crippen molar-refractivity contribution in [3.05, 3.63) is 35.4 Å². The van der Waals surface area contributed by atoms with Gasteiger partial charge in [-0.15, -0.1) is 0 Å². The Balaban J connectivity index is 2.51. The number of carbonyl (C=O) groups is 1. The zero-order valence-corrected chi connectivity index (χ0v) is 10.5. The lowest BCUT2D eigenvalue weighted by Crippen LogP contribution is -2.03. The predicted octanol–water partition coefficient (Wildman–Crippen LogP) is 2.28. The van der Waals surface area contributed by atoms with Crippen molar-refractivity contribution >= 4 is 5.97 Å². The molecule has 0 saturated heterocycles. The van der Waals surface area contributed by atoms with Crippen molar-refractivity contribution < 1.29 is 14.6 Å². The summed E-state index contributed by atoms with van der Waals surface area (Å²) < 4.78 is 4.62. The normalized spacial score (nSPS) is 12.2. The average molecular weight is 236 g/mol. The van der Waals surface area contributed by atoms with Gasteiger partial charge in [-0.05, 0) is 29.9 Å². The third-order valence-corrected chi connectivity index (χ3v) is 2.96. The molecule has 0 spiro atoms. The third-order valence-electron chi connectivity index (χ3n) is 2.96. The topological polar surface area (TPSA) is 46.5 Å². The Morgan fingerprint density at radius 3 is 2.53 bits per heavy atom. The molecule has 1 aromatic rings. The summed E-state index contributed by atoms with van der Waals surface area (Å²) in [5.41, 5.74) is 2.35. The molecule has 0 amide bonds. The van der Waals surface area contributed by atoms with E-state index in [2.05, 4.69) is 23.8 Å². The van der Waals surface area contributed by atoms with Gasteiger partial charge in [0.05, 0.1) is 7.11 Å². The van der Waals surface area contributed by atoms with Gasteiger partial charge in [0, 0.05) is 13.0 Å². The fourth-order valence-corrected chi connectivity index (χ4v) is 1.75. The molecular weight excluding hydrogens is 216 g/mol. The fraction of sp³-hybridized carbons (Fsp3) is 0.500. The molecule has 1 N–H and O–H groups in total. The molecule has 1 aromatic carbocycles. The first kappa shape index (κ1) is 13.7. The molecule has 17 heavy (non-hydrogen) atoms. The van der Waals surface area contributed by atoms with Crippen LogP contribution >= 0.6 is 0 Å². The molecule has 0 fully saturated rings. The molecule has 0 radical (unpaired) electrons. The summed E-state index contributed by atoms with van der Waals surface area (Å²) in [4.78, 5) is 11.0. The van der Waals surface area contributed by atoms with Crippen LogP contribution < -0.4 is 0 Å². The van der Waals surface area contributed by atoms with Crippen LogP contribution in [0, 0.1) is 0 Å². The van der Waals surface area contributed by atoms with Crippen LogP contribution in [0.2, 0.25) is 0 Å². The SMILES string of the molecule is COC(=O)CCC(C)c1ccc(CCO)cc1. The van der Waals surface area contributed by atoms with Crippen molar-refractivity contribution in [2.45, 2.75) is 32.1 Å². The van der Waals surface area contributed by atoms with Crippen molar-refractivity contribution in [3.63, 3.8) is 0 Å². The molecule has 0 heterocycles. The molecule has 1 rings (SSSR count). The number of hydrogen-bond donors (Lipinski definition) is 1. The van der Waals surface area contributed by atoms with Crippen LogP contribution in [0.1, 0.15) is 36.8 Å². The highest BCUT2D eigenvalue weighted by molar-refractivity contribution is 5.69. The first-order chi connectivity index (χ1) is 8.17. The van der Waals surface area contributed by atoms with Gasteiger partial charge in [0.1, 0.15) is 0 Å². The highest BCUT2D eigenvalue weighted by Gasteiger charge is 2.08. The fourth-order valence-electron chi connectivity index (χ4n) is 1.75. The van der Waals surface area contributed by atoms with E-state index in [-0.39, 0.29) is 12.6 Å². The predicted molar refractivity (Wildman–Crippen MR) is 66.9 cm³/mol. The molecule has 0 bridgehead atoms. The van der Waals surface area contributed by atoms with Crippen LogP contribution in [-0.2, 0) is 16.0 Å². The third kappa shape index (κ3) is 4.57. The summed E-state index contributed by atoms with van der Waals surface area (Å²) in [6.07, 6.45) is 1.94. The Kier molecular flexibility index (Phi) is 5.70. The van der Waals surface area contributed by atoms with Gasteiger partial charge in [-0.2, -0.15) is 0 Å². The first-order valence-corrected chi connectivity index (χ1v) is 5.94. The van der Waals surface area contributed by atoms with E-state index < -0.39 is 0 Å². The Morgan fingerprint density at radius 1 is 1.35 bits per heavy atom. The number of benzene rings is 1. The van der Waals surface area contributed by atoms with E-state index in [4.69, 9.17) is 5.11 Å². The Hall–Kier alpha value is -1.35. The maximum absolute atomic E-state index is 11.0. The minimum absolute atomic E-state index is 0.159. The molecule has 94 valence electrons. The van der Waals surface area contributed by atoms with Crippen LogP contribution in [0.15, 0.2) is 24.3 Å². The van der Waals surface area contributed by atoms with Crippen molar-refractivity contribution in [3.8, 4) is 0 Å². The van der Waals surface area contributed by atoms with Crippen LogP contribution in [-0.4, -0.2) is 24.8 Å². The van der Waals surface area contributed by atoms with E-state index in [0.29, 0.717) is 18.8 Å². The summed E-state index contributed by atoms with van der Waals surface area (Å²) >= 11 is 0. The molecule has 0 aliphatic rings. The lowest BCUT2D eigenvalue weighted by molar-refractivity contribution is -0.140. The molecule has 1 atom stereocenters. The summed E-state index contributed by atoms with van der Waals surface area (Å²) in [6.45, 7) is 2.28. The lowest BCUT2D eigenvalue weighted by atomic mass is 9.95. The minimum Gasteiger partial charge on any atom is -0.469 e. The van der Waals surface area contributed by atoms with Crippen LogP contribution in [0.4, 0.5) is 0 Å². The second-order valence-corrected chi connectivity index (χ2v) is 4.23. The maximum atomic E-state index is 11.0. The largest absolute Gasteiger partial charge is 0.469 e. The first-order valence-electron chi connectivity index (χ1n) is 5.94. The van der Waals surface area contributed by atoms with Gasteiger partial charge in [-0.3, -0.25) is 4.79 Å². The number of ether oxygens (including phenoxy) is 1. The van der Waals surface area contributed by atoms with Gasteiger partial charge in [-0.25, -0.2) is 0 Å². The van der Waals surface area contributed by atoms with Crippen molar-refractivity contribution in [1.29, 1.82) is 0 Å². The Bertz CT molecular complexity index is 343. The van der Waals surface area contributed by atoms with Gasteiger partial charge in [0.15, 0.2) is 0 Å². The summed E-state index contributed by atoms with van der Waals surface area (Å²) in [6, 6.07) is 8.18. The molecule has 0 aliphatic carbocycles. The minimum atomic E-state index is -0.159. The number of methoxy groups -OCH3 is 1. The number of esters is 1. The van der Waals surface area contributed by atoms with E-state index in [0.717, 1.165) is 12.0 Å². The average Bonchev–Trinajstić information content (AvgIpc) is 2.36. The van der Waals surface area contributed by atoms with Crippen molar-refractivity contribution in [2.24, 2.45) is 0 Å². The standard InChI is InChI=1S/C14H20O3/c1-11(3-8-14(16)17-2)13-6-4-12(5-7-13)9-10-15/h4-7,11,15H,3,8-10H2,1-2H3. The zero-order valence-electron chi connectivity index (χ0n) is 10.5. The monoisotopic (exact) mass is 236 g/mol. The van der Waals surface area contributed by atoms with Crippen LogP contribution in [0.5, 0.6) is 0 Å². The summed E-state index contributed by atoms with van der Waals surface area (Å²) in [7, 11) is 1.41. The van der Waals surface area contributed by atoms with Crippen molar-refractivity contribution in [1.82, 2.24) is 0 Å². The van der Waals surface area contributed by atoms with E-state index >= 15 is 0 Å². The molecular formula is C14H20O3. The summed E-state index contributed by atoms with van der Waals surface area (Å²) in [5, 5.41) is 8.82. The zero-order chi connectivity index (χ0) is 12.7. The Labute approximate surface area is 102 Å². The lowest BCUT2D eigenvalue weighted by Gasteiger charge is -2.11. The smallest absolute Gasteiger partial charge is 0.305 e. The van der Waals surface area contributed by atoms with E-state index in [1.54, 1.807) is 0 Å². The van der Waals surface area contributed by atoms with E-state index in [1.807, 2.05) is 12.1 Å². The molecule has 0 aromatic heterocycles. The molecule has 0 aliphatic heterocycles. The second kappa shape index (κ2) is 7.07. The van der Waals surface area contributed by atoms with Gasteiger partial charge < -0.3 is 9.84 Å². The number of aliphatic hydroxyl groups excluding tert-OH is 1. The van der Waals surface area contributed by atoms with Gasteiger partial charge in [-0.1, -0.05) is 31.2 Å².